The predicted molar refractivity (Wildman–Crippen MR) is 92.8 cm³/mol. The lowest BCUT2D eigenvalue weighted by atomic mass is 10.2. The van der Waals surface area contributed by atoms with Crippen molar-refractivity contribution in [1.82, 2.24) is 5.32 Å². The van der Waals surface area contributed by atoms with Crippen molar-refractivity contribution in [3.05, 3.63) is 24.0 Å². The summed E-state index contributed by atoms with van der Waals surface area (Å²) in [6.45, 7) is 3.31. The Labute approximate surface area is 151 Å². The molecule has 2 unspecified atom stereocenters. The average Bonchev–Trinajstić information content (AvgIpc) is 3.14. The SMILES string of the molecule is CC(=O)NC[C@H]1CN(c2ccc(N3CC4CCC(C3)O4)c(F)c2)C(=O)O1. The number of halogens is 1. The quantitative estimate of drug-likeness (QED) is 0.881. The van der Waals surface area contributed by atoms with Gasteiger partial charge in [-0.25, -0.2) is 9.18 Å². The number of amides is 2. The molecule has 1 N–H and O–H groups in total. The van der Waals surface area contributed by atoms with Crippen LogP contribution in [0.15, 0.2) is 18.2 Å². The molecule has 0 aromatic heterocycles. The van der Waals surface area contributed by atoms with Crippen LogP contribution in [-0.2, 0) is 14.3 Å². The van der Waals surface area contributed by atoms with E-state index in [1.807, 2.05) is 4.90 Å². The summed E-state index contributed by atoms with van der Waals surface area (Å²) in [7, 11) is 0. The number of nitrogens with zero attached hydrogens (tertiary/aromatic N) is 2. The van der Waals surface area contributed by atoms with Gasteiger partial charge in [0, 0.05) is 20.0 Å². The molecule has 1 aromatic carbocycles. The molecule has 8 heteroatoms. The summed E-state index contributed by atoms with van der Waals surface area (Å²) in [5, 5.41) is 2.62. The number of carbonyl (C=O) groups is 2. The summed E-state index contributed by atoms with van der Waals surface area (Å²) in [6, 6.07) is 4.82. The fourth-order valence-corrected chi connectivity index (χ4v) is 3.83. The third kappa shape index (κ3) is 3.33. The minimum Gasteiger partial charge on any atom is -0.442 e. The van der Waals surface area contributed by atoms with Gasteiger partial charge in [-0.1, -0.05) is 0 Å². The van der Waals surface area contributed by atoms with Gasteiger partial charge in [0.25, 0.3) is 0 Å². The van der Waals surface area contributed by atoms with Crippen molar-refractivity contribution in [3.63, 3.8) is 0 Å². The van der Waals surface area contributed by atoms with Gasteiger partial charge in [0.2, 0.25) is 5.91 Å². The smallest absolute Gasteiger partial charge is 0.414 e. The number of benzene rings is 1. The van der Waals surface area contributed by atoms with Crippen LogP contribution >= 0.6 is 0 Å². The first-order valence-corrected chi connectivity index (χ1v) is 8.92. The van der Waals surface area contributed by atoms with E-state index in [1.54, 1.807) is 12.1 Å². The summed E-state index contributed by atoms with van der Waals surface area (Å²) in [4.78, 5) is 26.5. The van der Waals surface area contributed by atoms with Crippen LogP contribution in [0.3, 0.4) is 0 Å². The minimum absolute atomic E-state index is 0.177. The number of hydrogen-bond acceptors (Lipinski definition) is 5. The number of hydrogen-bond donors (Lipinski definition) is 1. The number of rotatable bonds is 4. The number of carbonyl (C=O) groups excluding carboxylic acids is 2. The van der Waals surface area contributed by atoms with Crippen molar-refractivity contribution in [2.45, 2.75) is 38.1 Å². The molecule has 1 aromatic rings. The number of fused-ring (bicyclic) bond motifs is 2. The van der Waals surface area contributed by atoms with Crippen LogP contribution in [0.25, 0.3) is 0 Å². The summed E-state index contributed by atoms with van der Waals surface area (Å²) >= 11 is 0. The molecule has 3 aliphatic heterocycles. The van der Waals surface area contributed by atoms with Crippen LogP contribution in [0.2, 0.25) is 0 Å². The van der Waals surface area contributed by atoms with E-state index < -0.39 is 12.2 Å². The molecule has 4 rings (SSSR count). The predicted octanol–water partition coefficient (Wildman–Crippen LogP) is 1.65. The van der Waals surface area contributed by atoms with Gasteiger partial charge in [0.1, 0.15) is 11.9 Å². The third-order valence-electron chi connectivity index (χ3n) is 5.08. The lowest BCUT2D eigenvalue weighted by molar-refractivity contribution is -0.119. The Morgan fingerprint density at radius 2 is 2.00 bits per heavy atom. The van der Waals surface area contributed by atoms with Gasteiger partial charge in [-0.05, 0) is 31.0 Å². The zero-order chi connectivity index (χ0) is 18.3. The Balaban J connectivity index is 1.46. The highest BCUT2D eigenvalue weighted by atomic mass is 19.1. The van der Waals surface area contributed by atoms with E-state index in [1.165, 1.54) is 17.9 Å². The van der Waals surface area contributed by atoms with Crippen molar-refractivity contribution in [3.8, 4) is 0 Å². The first-order chi connectivity index (χ1) is 12.5. The Bertz CT molecular complexity index is 716. The molecule has 0 spiro atoms. The normalized spacial score (nSPS) is 27.6. The maximum Gasteiger partial charge on any atom is 0.414 e. The molecule has 0 saturated carbocycles. The number of ether oxygens (including phenoxy) is 2. The Morgan fingerprint density at radius 1 is 1.27 bits per heavy atom. The Hall–Kier alpha value is -2.35. The second kappa shape index (κ2) is 6.75. The van der Waals surface area contributed by atoms with Gasteiger partial charge in [-0.3, -0.25) is 9.69 Å². The highest BCUT2D eigenvalue weighted by molar-refractivity contribution is 5.90. The summed E-state index contributed by atoms with van der Waals surface area (Å²) in [6.07, 6.45) is 1.43. The highest BCUT2D eigenvalue weighted by Gasteiger charge is 2.36. The number of morpholine rings is 1. The van der Waals surface area contributed by atoms with E-state index >= 15 is 0 Å². The van der Waals surface area contributed by atoms with Crippen LogP contribution in [-0.4, -0.2) is 56.5 Å². The standard InChI is InChI=1S/C18H22FN3O4/c1-11(23)20-7-15-10-22(18(24)26-15)12-2-5-17(16(19)6-12)21-8-13-3-4-14(9-21)25-13/h2,5-6,13-15H,3-4,7-10H2,1H3,(H,20,23)/t13?,14?,15-/m0/s1. The lowest BCUT2D eigenvalue weighted by Crippen LogP contribution is -2.43. The second-order valence-corrected chi connectivity index (χ2v) is 7.05. The van der Waals surface area contributed by atoms with E-state index in [9.17, 15) is 14.0 Å². The molecule has 3 saturated heterocycles. The van der Waals surface area contributed by atoms with Gasteiger partial charge >= 0.3 is 6.09 Å². The van der Waals surface area contributed by atoms with Crippen LogP contribution < -0.4 is 15.1 Å². The van der Waals surface area contributed by atoms with Gasteiger partial charge in [0.15, 0.2) is 0 Å². The Kier molecular flexibility index (Phi) is 4.44. The third-order valence-corrected chi connectivity index (χ3v) is 5.08. The van der Waals surface area contributed by atoms with E-state index in [4.69, 9.17) is 9.47 Å². The van der Waals surface area contributed by atoms with E-state index in [2.05, 4.69) is 5.32 Å². The fourth-order valence-electron chi connectivity index (χ4n) is 3.83. The first-order valence-electron chi connectivity index (χ1n) is 8.92. The van der Waals surface area contributed by atoms with Gasteiger partial charge in [-0.2, -0.15) is 0 Å². The zero-order valence-corrected chi connectivity index (χ0v) is 14.6. The van der Waals surface area contributed by atoms with E-state index in [0.29, 0.717) is 24.5 Å². The van der Waals surface area contributed by atoms with Crippen LogP contribution in [0.4, 0.5) is 20.6 Å². The molecule has 0 radical (unpaired) electrons. The van der Waals surface area contributed by atoms with Crippen LogP contribution in [0.1, 0.15) is 19.8 Å². The van der Waals surface area contributed by atoms with Crippen LogP contribution in [0, 0.1) is 5.82 Å². The minimum atomic E-state index is -0.531. The highest BCUT2D eigenvalue weighted by Crippen LogP contribution is 2.33. The van der Waals surface area contributed by atoms with Crippen molar-refractivity contribution in [1.29, 1.82) is 0 Å². The molecule has 3 fully saturated rings. The van der Waals surface area contributed by atoms with E-state index in [0.717, 1.165) is 12.8 Å². The molecular formula is C18H22FN3O4. The molecule has 26 heavy (non-hydrogen) atoms. The number of cyclic esters (lactones) is 1. The maximum absolute atomic E-state index is 14.7. The summed E-state index contributed by atoms with van der Waals surface area (Å²) < 4.78 is 25.7. The van der Waals surface area contributed by atoms with Gasteiger partial charge < -0.3 is 19.7 Å². The molecule has 2 amide bonds. The first kappa shape index (κ1) is 17.1. The number of nitrogens with one attached hydrogen (secondary N) is 1. The molecule has 140 valence electrons. The van der Waals surface area contributed by atoms with Crippen molar-refractivity contribution in [2.24, 2.45) is 0 Å². The van der Waals surface area contributed by atoms with E-state index in [-0.39, 0.29) is 37.0 Å². The topological polar surface area (TPSA) is 71.1 Å². The molecule has 2 bridgehead atoms. The van der Waals surface area contributed by atoms with Gasteiger partial charge in [0.05, 0.1) is 36.7 Å². The average molecular weight is 363 g/mol. The zero-order valence-electron chi connectivity index (χ0n) is 14.6. The second-order valence-electron chi connectivity index (χ2n) is 7.05. The van der Waals surface area contributed by atoms with Gasteiger partial charge in [-0.15, -0.1) is 0 Å². The Morgan fingerprint density at radius 3 is 2.65 bits per heavy atom. The summed E-state index contributed by atoms with van der Waals surface area (Å²) in [5.41, 5.74) is 0.995. The molecule has 3 heterocycles. The van der Waals surface area contributed by atoms with Crippen molar-refractivity contribution in [2.75, 3.05) is 36.0 Å². The molecule has 0 aliphatic carbocycles. The van der Waals surface area contributed by atoms with Crippen LogP contribution in [0.5, 0.6) is 0 Å². The maximum atomic E-state index is 14.7. The fraction of sp³-hybridized carbons (Fsp3) is 0.556. The van der Waals surface area contributed by atoms with Crippen molar-refractivity contribution < 1.29 is 23.5 Å². The number of anilines is 2. The molecule has 3 aliphatic rings. The monoisotopic (exact) mass is 363 g/mol. The molecular weight excluding hydrogens is 341 g/mol. The summed E-state index contributed by atoms with van der Waals surface area (Å²) in [5.74, 6) is -0.545. The molecule has 7 nitrogen and oxygen atoms in total. The van der Waals surface area contributed by atoms with Crippen molar-refractivity contribution >= 4 is 23.4 Å². The largest absolute Gasteiger partial charge is 0.442 e. The molecule has 3 atom stereocenters. The lowest BCUT2D eigenvalue weighted by Gasteiger charge is -2.34.